The summed E-state index contributed by atoms with van der Waals surface area (Å²) in [5, 5.41) is 18.6. The molecule has 0 saturated carbocycles. The number of piperidine rings is 1. The number of ether oxygens (including phenoxy) is 1. The molecule has 2 heterocycles. The first-order valence-electron chi connectivity index (χ1n) is 8.08. The number of hydrogen-bond donors (Lipinski definition) is 0. The molecule has 0 N–H and O–H groups in total. The second-order valence-electron chi connectivity index (χ2n) is 5.99. The van der Waals surface area contributed by atoms with Crippen molar-refractivity contribution in [1.82, 2.24) is 14.5 Å². The molecule has 0 atom stereocenters. The minimum atomic E-state index is -3.68. The lowest BCUT2D eigenvalue weighted by molar-refractivity contribution is -0.384. The summed E-state index contributed by atoms with van der Waals surface area (Å²) in [4.78, 5) is 10.2. The number of aromatic nitrogens is 2. The number of rotatable bonds is 5. The van der Waals surface area contributed by atoms with Gasteiger partial charge in [0, 0.05) is 31.3 Å². The molecule has 0 bridgehead atoms. The number of non-ortho nitro benzene ring substituents is 1. The zero-order valence-electron chi connectivity index (χ0n) is 14.1. The van der Waals surface area contributed by atoms with E-state index in [0.29, 0.717) is 31.8 Å². The first-order valence-corrected chi connectivity index (χ1v) is 9.52. The summed E-state index contributed by atoms with van der Waals surface area (Å²) >= 11 is 0. The fraction of sp³-hybridized carbons (Fsp3) is 0.375. The molecule has 1 fully saturated rings. The van der Waals surface area contributed by atoms with Crippen LogP contribution in [-0.4, -0.2) is 47.0 Å². The van der Waals surface area contributed by atoms with Crippen LogP contribution in [0.25, 0.3) is 0 Å². The van der Waals surface area contributed by atoms with Crippen LogP contribution >= 0.6 is 0 Å². The summed E-state index contributed by atoms with van der Waals surface area (Å²) in [5.74, 6) is 0.423. The number of sulfonamides is 1. The highest BCUT2D eigenvalue weighted by atomic mass is 32.2. The van der Waals surface area contributed by atoms with Crippen LogP contribution in [0.1, 0.15) is 18.5 Å². The van der Waals surface area contributed by atoms with Crippen LogP contribution in [0.15, 0.2) is 41.3 Å². The van der Waals surface area contributed by atoms with Crippen molar-refractivity contribution in [2.45, 2.75) is 30.8 Å². The summed E-state index contributed by atoms with van der Waals surface area (Å²) < 4.78 is 32.4. The molecule has 0 amide bonds. The molecular weight excluding hydrogens is 360 g/mol. The van der Waals surface area contributed by atoms with Gasteiger partial charge in [-0.15, -0.1) is 5.10 Å². The molecule has 26 heavy (non-hydrogen) atoms. The number of aryl methyl sites for hydroxylation is 1. The molecule has 10 heteroatoms. The molecule has 0 radical (unpaired) electrons. The molecule has 138 valence electrons. The summed E-state index contributed by atoms with van der Waals surface area (Å²) in [6, 6.07) is 8.45. The van der Waals surface area contributed by atoms with Crippen LogP contribution in [0, 0.1) is 17.0 Å². The second-order valence-corrected chi connectivity index (χ2v) is 7.92. The number of nitro groups is 1. The Bertz CT molecular complexity index is 876. The van der Waals surface area contributed by atoms with Gasteiger partial charge in [0.25, 0.3) is 5.69 Å². The molecule has 1 aliphatic rings. The molecule has 1 saturated heterocycles. The van der Waals surface area contributed by atoms with Crippen LogP contribution in [0.2, 0.25) is 0 Å². The van der Waals surface area contributed by atoms with Crippen molar-refractivity contribution in [3.05, 3.63) is 52.2 Å². The fourth-order valence-corrected chi connectivity index (χ4v) is 4.17. The Kier molecular flexibility index (Phi) is 5.14. The number of nitrogens with zero attached hydrogens (tertiary/aromatic N) is 4. The average Bonchev–Trinajstić information content (AvgIpc) is 2.64. The highest BCUT2D eigenvalue weighted by Crippen LogP contribution is 2.24. The molecular formula is C16H18N4O5S. The minimum absolute atomic E-state index is 0.0480. The van der Waals surface area contributed by atoms with Gasteiger partial charge in [0.05, 0.1) is 15.5 Å². The lowest BCUT2D eigenvalue weighted by atomic mass is 10.1. The van der Waals surface area contributed by atoms with E-state index in [1.807, 2.05) is 6.92 Å². The topological polar surface area (TPSA) is 116 Å². The van der Waals surface area contributed by atoms with E-state index in [0.717, 1.165) is 5.69 Å². The largest absolute Gasteiger partial charge is 0.473 e. The summed E-state index contributed by atoms with van der Waals surface area (Å²) in [6.07, 6.45) is 0.930. The Labute approximate surface area is 150 Å². The van der Waals surface area contributed by atoms with Gasteiger partial charge in [-0.3, -0.25) is 10.1 Å². The fourth-order valence-electron chi connectivity index (χ4n) is 2.70. The van der Waals surface area contributed by atoms with Crippen LogP contribution < -0.4 is 4.74 Å². The quantitative estimate of drug-likeness (QED) is 0.576. The standard InChI is InChI=1S/C16H18N4O5S/c1-12-2-7-16(18-17-12)25-14-8-10-19(11-9-14)26(23,24)15-5-3-13(4-6-15)20(21)22/h2-7,14H,8-11H2,1H3. The van der Waals surface area contributed by atoms with E-state index in [4.69, 9.17) is 4.74 Å². The van der Waals surface area contributed by atoms with E-state index in [1.165, 1.54) is 28.6 Å². The zero-order chi connectivity index (χ0) is 18.7. The van der Waals surface area contributed by atoms with E-state index in [1.54, 1.807) is 12.1 Å². The summed E-state index contributed by atoms with van der Waals surface area (Å²) in [5.41, 5.74) is 0.650. The number of nitro benzene ring substituents is 1. The Balaban J connectivity index is 1.62. The van der Waals surface area contributed by atoms with E-state index in [-0.39, 0.29) is 16.7 Å². The Morgan fingerprint density at radius 1 is 1.12 bits per heavy atom. The SMILES string of the molecule is Cc1ccc(OC2CCN(S(=O)(=O)c3ccc([N+](=O)[O-])cc3)CC2)nn1. The minimum Gasteiger partial charge on any atom is -0.473 e. The molecule has 0 spiro atoms. The smallest absolute Gasteiger partial charge is 0.269 e. The summed E-state index contributed by atoms with van der Waals surface area (Å²) in [6.45, 7) is 2.45. The van der Waals surface area contributed by atoms with Gasteiger partial charge < -0.3 is 4.74 Å². The van der Waals surface area contributed by atoms with Crippen LogP contribution in [0.4, 0.5) is 5.69 Å². The predicted molar refractivity (Wildman–Crippen MR) is 92.3 cm³/mol. The summed E-state index contributed by atoms with van der Waals surface area (Å²) in [7, 11) is -3.68. The number of hydrogen-bond acceptors (Lipinski definition) is 7. The Hall–Kier alpha value is -2.59. The van der Waals surface area contributed by atoms with Crippen LogP contribution in [0.5, 0.6) is 5.88 Å². The van der Waals surface area contributed by atoms with Crippen molar-refractivity contribution in [1.29, 1.82) is 0 Å². The van der Waals surface area contributed by atoms with Gasteiger partial charge in [-0.1, -0.05) is 0 Å². The second kappa shape index (κ2) is 7.34. The van der Waals surface area contributed by atoms with Gasteiger partial charge in [-0.05, 0) is 38.0 Å². The van der Waals surface area contributed by atoms with Gasteiger partial charge in [-0.2, -0.15) is 9.40 Å². The van der Waals surface area contributed by atoms with Gasteiger partial charge >= 0.3 is 0 Å². The van der Waals surface area contributed by atoms with Crippen LogP contribution in [-0.2, 0) is 10.0 Å². The molecule has 3 rings (SSSR count). The lowest BCUT2D eigenvalue weighted by Gasteiger charge is -2.31. The molecule has 1 aliphatic heterocycles. The maximum atomic E-state index is 12.7. The van der Waals surface area contributed by atoms with Gasteiger partial charge in [0.2, 0.25) is 15.9 Å². The third kappa shape index (κ3) is 3.97. The van der Waals surface area contributed by atoms with Crippen molar-refractivity contribution < 1.29 is 18.1 Å². The molecule has 1 aromatic heterocycles. The molecule has 1 aromatic carbocycles. The lowest BCUT2D eigenvalue weighted by Crippen LogP contribution is -2.41. The van der Waals surface area contributed by atoms with Crippen LogP contribution in [0.3, 0.4) is 0 Å². The van der Waals surface area contributed by atoms with Crippen molar-refractivity contribution in [2.24, 2.45) is 0 Å². The monoisotopic (exact) mass is 378 g/mol. The van der Waals surface area contributed by atoms with Crippen molar-refractivity contribution >= 4 is 15.7 Å². The third-order valence-electron chi connectivity index (χ3n) is 4.15. The van der Waals surface area contributed by atoms with Gasteiger partial charge in [0.1, 0.15) is 6.10 Å². The van der Waals surface area contributed by atoms with E-state index in [2.05, 4.69) is 10.2 Å². The van der Waals surface area contributed by atoms with E-state index in [9.17, 15) is 18.5 Å². The molecule has 0 unspecified atom stereocenters. The average molecular weight is 378 g/mol. The first-order chi connectivity index (χ1) is 12.4. The van der Waals surface area contributed by atoms with Crippen molar-refractivity contribution in [3.8, 4) is 5.88 Å². The first kappa shape index (κ1) is 18.2. The van der Waals surface area contributed by atoms with Gasteiger partial charge in [-0.25, -0.2) is 8.42 Å². The maximum absolute atomic E-state index is 12.7. The highest BCUT2D eigenvalue weighted by Gasteiger charge is 2.30. The highest BCUT2D eigenvalue weighted by molar-refractivity contribution is 7.89. The van der Waals surface area contributed by atoms with Gasteiger partial charge in [0.15, 0.2) is 0 Å². The normalized spacial score (nSPS) is 16.3. The Morgan fingerprint density at radius 3 is 2.31 bits per heavy atom. The third-order valence-corrected chi connectivity index (χ3v) is 6.06. The molecule has 2 aromatic rings. The number of benzene rings is 1. The van der Waals surface area contributed by atoms with E-state index < -0.39 is 14.9 Å². The maximum Gasteiger partial charge on any atom is 0.269 e. The zero-order valence-corrected chi connectivity index (χ0v) is 14.9. The molecule has 9 nitrogen and oxygen atoms in total. The Morgan fingerprint density at radius 2 is 1.77 bits per heavy atom. The van der Waals surface area contributed by atoms with E-state index >= 15 is 0 Å². The predicted octanol–water partition coefficient (Wildman–Crippen LogP) is 1.93. The van der Waals surface area contributed by atoms with Crippen molar-refractivity contribution in [2.75, 3.05) is 13.1 Å². The van der Waals surface area contributed by atoms with Crippen molar-refractivity contribution in [3.63, 3.8) is 0 Å². The molecule has 0 aliphatic carbocycles.